The van der Waals surface area contributed by atoms with Gasteiger partial charge < -0.3 is 11.1 Å². The third kappa shape index (κ3) is 1.30. The average Bonchev–Trinajstić information content (AvgIpc) is 2.52. The van der Waals surface area contributed by atoms with E-state index in [0.29, 0.717) is 5.69 Å². The van der Waals surface area contributed by atoms with Gasteiger partial charge in [0.1, 0.15) is 0 Å². The minimum atomic E-state index is -1.41. The first-order valence-electron chi connectivity index (χ1n) is 6.51. The third-order valence-corrected chi connectivity index (χ3v) is 3.63. The van der Waals surface area contributed by atoms with Crippen LogP contribution < -0.4 is 11.1 Å². The lowest BCUT2D eigenvalue weighted by molar-refractivity contribution is 0.173. The Morgan fingerprint density at radius 1 is 1.53 bits per heavy atom. The monoisotopic (exact) mass is 205 g/mol. The van der Waals surface area contributed by atoms with Gasteiger partial charge in [0, 0.05) is 20.7 Å². The molecule has 15 heavy (non-hydrogen) atoms. The number of pyridine rings is 1. The van der Waals surface area contributed by atoms with Gasteiger partial charge in [-0.25, -0.2) is 0 Å². The molecule has 1 atom stereocenters. The van der Waals surface area contributed by atoms with Crippen LogP contribution in [-0.4, -0.2) is 18.1 Å². The molecule has 0 aromatic carbocycles. The molecule has 1 fully saturated rings. The summed E-state index contributed by atoms with van der Waals surface area (Å²) in [6.45, 7) is 1.67. The molecule has 80 valence electrons. The number of hydrogen-bond acceptors (Lipinski definition) is 3. The van der Waals surface area contributed by atoms with E-state index in [-0.39, 0.29) is 6.04 Å². The molecule has 0 radical (unpaired) electrons. The molecule has 2 aliphatic rings. The average molecular weight is 205 g/mol. The lowest BCUT2D eigenvalue weighted by Crippen LogP contribution is -2.42. The Morgan fingerprint density at radius 2 is 2.33 bits per heavy atom. The van der Waals surface area contributed by atoms with E-state index in [4.69, 9.17) is 8.48 Å². The van der Waals surface area contributed by atoms with Gasteiger partial charge in [-0.15, -0.1) is 0 Å². The summed E-state index contributed by atoms with van der Waals surface area (Å²) in [6.07, 6.45) is 1.80. The fourth-order valence-corrected chi connectivity index (χ4v) is 2.69. The summed E-state index contributed by atoms with van der Waals surface area (Å²) in [6, 6.07) is 3.53. The molecule has 0 saturated carbocycles. The number of rotatable bonds is 0. The van der Waals surface area contributed by atoms with E-state index in [2.05, 4.69) is 10.3 Å². The van der Waals surface area contributed by atoms with Crippen LogP contribution in [0.3, 0.4) is 0 Å². The van der Waals surface area contributed by atoms with Crippen molar-refractivity contribution in [2.45, 2.75) is 25.3 Å². The maximum Gasteiger partial charge on any atom is 0.0457 e. The normalized spacial score (nSPS) is 33.3. The van der Waals surface area contributed by atoms with Crippen LogP contribution in [0.4, 0.5) is 0 Å². The fraction of sp³-hybridized carbons (Fsp3) is 0.583. The summed E-state index contributed by atoms with van der Waals surface area (Å²) in [4.78, 5) is 4.24. The van der Waals surface area contributed by atoms with E-state index in [1.54, 1.807) is 6.20 Å². The van der Waals surface area contributed by atoms with Crippen molar-refractivity contribution in [1.29, 1.82) is 0 Å². The van der Waals surface area contributed by atoms with Gasteiger partial charge in [-0.05, 0) is 49.3 Å². The Bertz CT molecular complexity index is 441. The molecule has 3 N–H and O–H groups in total. The Kier molecular flexibility index (Phi) is 1.61. The van der Waals surface area contributed by atoms with Crippen LogP contribution in [-0.2, 0) is 6.37 Å². The molecule has 1 spiro atoms. The van der Waals surface area contributed by atoms with Gasteiger partial charge in [-0.1, -0.05) is 6.07 Å². The first kappa shape index (κ1) is 7.36. The predicted molar refractivity (Wildman–Crippen MR) is 59.4 cm³/mol. The van der Waals surface area contributed by atoms with Crippen LogP contribution in [0.15, 0.2) is 18.3 Å². The van der Waals surface area contributed by atoms with Gasteiger partial charge in [0.15, 0.2) is 0 Å². The maximum atomic E-state index is 8.44. The van der Waals surface area contributed by atoms with Gasteiger partial charge in [0.05, 0.1) is 0 Å². The molecule has 1 saturated heterocycles. The molecule has 3 nitrogen and oxygen atoms in total. The zero-order valence-electron chi connectivity index (χ0n) is 10.7. The zero-order valence-corrected chi connectivity index (χ0v) is 8.66. The van der Waals surface area contributed by atoms with Crippen LogP contribution in [0.1, 0.15) is 32.9 Å². The van der Waals surface area contributed by atoms with Crippen molar-refractivity contribution in [3.8, 4) is 0 Å². The highest BCUT2D eigenvalue weighted by Crippen LogP contribution is 2.48. The highest BCUT2D eigenvalue weighted by atomic mass is 14.9. The van der Waals surface area contributed by atoms with Crippen molar-refractivity contribution in [2.75, 3.05) is 13.1 Å². The highest BCUT2D eigenvalue weighted by Gasteiger charge is 2.45. The second kappa shape index (κ2) is 3.29. The zero-order chi connectivity index (χ0) is 12.1. The molecule has 1 aliphatic carbocycles. The summed E-state index contributed by atoms with van der Waals surface area (Å²) < 4.78 is 16.9. The first-order chi connectivity index (χ1) is 8.09. The van der Waals surface area contributed by atoms with E-state index in [9.17, 15) is 0 Å². The second-order valence-electron chi connectivity index (χ2n) is 4.45. The standard InChI is InChI=1S/C12H17N3/c13-11-9-2-1-5-15-10(9)8-12(11)3-6-14-7-4-12/h1-2,5,11,14H,3-4,6-8,13H2/t11-/m1/s1/i8D2. The summed E-state index contributed by atoms with van der Waals surface area (Å²) >= 11 is 0. The first-order valence-corrected chi connectivity index (χ1v) is 5.51. The van der Waals surface area contributed by atoms with Crippen molar-refractivity contribution in [2.24, 2.45) is 11.1 Å². The summed E-state index contributed by atoms with van der Waals surface area (Å²) in [5.41, 5.74) is 7.29. The molecule has 0 unspecified atom stereocenters. The van der Waals surface area contributed by atoms with Gasteiger partial charge >= 0.3 is 0 Å². The molecular weight excluding hydrogens is 186 g/mol. The third-order valence-electron chi connectivity index (χ3n) is 3.63. The molecule has 1 aliphatic heterocycles. The molecule has 0 bridgehead atoms. The molecule has 2 heterocycles. The number of nitrogens with zero attached hydrogens (tertiary/aromatic N) is 1. The second-order valence-corrected chi connectivity index (χ2v) is 4.45. The van der Waals surface area contributed by atoms with Crippen molar-refractivity contribution < 1.29 is 2.74 Å². The molecular formula is C12H17N3. The predicted octanol–water partition coefficient (Wildman–Crippen LogP) is 1.01. The Hall–Kier alpha value is -0.930. The minimum Gasteiger partial charge on any atom is -0.323 e. The van der Waals surface area contributed by atoms with Gasteiger partial charge in [0.2, 0.25) is 0 Å². The quantitative estimate of drug-likeness (QED) is 0.664. The van der Waals surface area contributed by atoms with E-state index in [1.165, 1.54) is 0 Å². The molecule has 0 amide bonds. The Labute approximate surface area is 92.9 Å². The van der Waals surface area contributed by atoms with Crippen LogP contribution in [0.2, 0.25) is 0 Å². The lowest BCUT2D eigenvalue weighted by Gasteiger charge is -2.37. The molecule has 1 aromatic heterocycles. The van der Waals surface area contributed by atoms with Crippen molar-refractivity contribution in [1.82, 2.24) is 10.3 Å². The number of hydrogen-bond donors (Lipinski definition) is 2. The van der Waals surface area contributed by atoms with Gasteiger partial charge in [-0.2, -0.15) is 0 Å². The van der Waals surface area contributed by atoms with E-state index < -0.39 is 11.8 Å². The topological polar surface area (TPSA) is 50.9 Å². The Morgan fingerprint density at radius 3 is 3.07 bits per heavy atom. The SMILES string of the molecule is [2H]C1([2H])c2ncccc2[C@@H](N)C12CCNCC2. The van der Waals surface area contributed by atoms with E-state index in [1.807, 2.05) is 12.1 Å². The maximum absolute atomic E-state index is 8.44. The fourth-order valence-electron chi connectivity index (χ4n) is 2.69. The van der Waals surface area contributed by atoms with Crippen LogP contribution in [0.5, 0.6) is 0 Å². The number of nitrogens with two attached hydrogens (primary N) is 1. The van der Waals surface area contributed by atoms with Crippen molar-refractivity contribution in [3.63, 3.8) is 0 Å². The van der Waals surface area contributed by atoms with E-state index in [0.717, 1.165) is 31.5 Å². The summed E-state index contributed by atoms with van der Waals surface area (Å²) in [5, 5.41) is 3.28. The van der Waals surface area contributed by atoms with Gasteiger partial charge in [0.25, 0.3) is 0 Å². The number of aromatic nitrogens is 1. The number of fused-ring (bicyclic) bond motifs is 1. The smallest absolute Gasteiger partial charge is 0.0457 e. The summed E-state index contributed by atoms with van der Waals surface area (Å²) in [5.74, 6) is 0. The van der Waals surface area contributed by atoms with Crippen molar-refractivity contribution >= 4 is 0 Å². The molecule has 1 aromatic rings. The number of piperidine rings is 1. The molecule has 3 rings (SSSR count). The number of nitrogens with one attached hydrogen (secondary N) is 1. The van der Waals surface area contributed by atoms with Crippen molar-refractivity contribution in [3.05, 3.63) is 29.6 Å². The van der Waals surface area contributed by atoms with Crippen LogP contribution in [0, 0.1) is 5.41 Å². The molecule has 3 heteroatoms. The summed E-state index contributed by atoms with van der Waals surface area (Å²) in [7, 11) is 0. The van der Waals surface area contributed by atoms with E-state index >= 15 is 0 Å². The van der Waals surface area contributed by atoms with Gasteiger partial charge in [-0.3, -0.25) is 4.98 Å². The lowest BCUT2D eigenvalue weighted by atomic mass is 9.74. The Balaban J connectivity index is 2.15. The minimum absolute atomic E-state index is 0.233. The van der Waals surface area contributed by atoms with Crippen LogP contribution in [0.25, 0.3) is 0 Å². The largest absolute Gasteiger partial charge is 0.323 e. The van der Waals surface area contributed by atoms with Crippen LogP contribution >= 0.6 is 0 Å². The highest BCUT2D eigenvalue weighted by molar-refractivity contribution is 5.33.